The monoisotopic (exact) mass is 499 g/mol. The number of hydrogen-bond acceptors (Lipinski definition) is 6. The van der Waals surface area contributed by atoms with E-state index in [2.05, 4.69) is 10.0 Å². The number of ether oxygens (including phenoxy) is 2. The molecule has 0 radical (unpaired) electrons. The van der Waals surface area contributed by atoms with E-state index in [0.29, 0.717) is 33.1 Å². The highest BCUT2D eigenvalue weighted by Crippen LogP contribution is 2.34. The highest BCUT2D eigenvalue weighted by atomic mass is 35.5. The number of methoxy groups -OCH3 is 2. The second kappa shape index (κ2) is 9.28. The number of nitrogens with one attached hydrogen (secondary N) is 2. The van der Waals surface area contributed by atoms with Crippen LogP contribution in [0.3, 0.4) is 0 Å². The van der Waals surface area contributed by atoms with E-state index in [1.807, 2.05) is 24.3 Å². The number of amides is 1. The lowest BCUT2D eigenvalue weighted by molar-refractivity contribution is 0.0974. The molecule has 0 aliphatic carbocycles. The normalized spacial score (nSPS) is 11.3. The minimum Gasteiger partial charge on any atom is -0.497 e. The molecule has 0 unspecified atom stereocenters. The summed E-state index contributed by atoms with van der Waals surface area (Å²) in [4.78, 5) is 12.9. The van der Waals surface area contributed by atoms with E-state index in [0.717, 1.165) is 5.69 Å². The summed E-state index contributed by atoms with van der Waals surface area (Å²) in [5, 5.41) is 4.38. The highest BCUT2D eigenvalue weighted by molar-refractivity contribution is 7.90. The van der Waals surface area contributed by atoms with Crippen LogP contribution in [0.5, 0.6) is 11.5 Å². The average Bonchev–Trinajstić information content (AvgIpc) is 3.19. The van der Waals surface area contributed by atoms with Gasteiger partial charge in [0, 0.05) is 29.9 Å². The zero-order valence-electron chi connectivity index (χ0n) is 18.6. The van der Waals surface area contributed by atoms with Crippen LogP contribution < -0.4 is 19.5 Å². The molecule has 10 heteroatoms. The number of carbonyl (C=O) groups excluding carboxylic acids is 1. The topological polar surface area (TPSA) is 98.7 Å². The Morgan fingerprint density at radius 3 is 2.32 bits per heavy atom. The van der Waals surface area contributed by atoms with Gasteiger partial charge < -0.3 is 19.4 Å². The summed E-state index contributed by atoms with van der Waals surface area (Å²) in [6.07, 6.45) is 0. The number of anilines is 2. The third-order valence-corrected chi connectivity index (χ3v) is 6.98. The zero-order valence-corrected chi connectivity index (χ0v) is 20.2. The first-order chi connectivity index (χ1) is 16.2. The van der Waals surface area contributed by atoms with Crippen LogP contribution in [0.4, 0.5) is 11.4 Å². The average molecular weight is 500 g/mol. The molecule has 2 N–H and O–H groups in total. The SMILES string of the molecule is COc1ccc(S(=O)(=O)NC(=O)c2cc3c(Nc4cccc(OC)c4)ccc(Cl)c3n2C)cc1. The number of halogens is 1. The molecular formula is C24H22ClN3O5S. The van der Waals surface area contributed by atoms with Gasteiger partial charge in [-0.1, -0.05) is 17.7 Å². The Hall–Kier alpha value is -3.69. The molecular weight excluding hydrogens is 478 g/mol. The molecule has 0 atom stereocenters. The third kappa shape index (κ3) is 4.52. The maximum absolute atomic E-state index is 13.0. The van der Waals surface area contributed by atoms with Crippen molar-refractivity contribution in [3.63, 3.8) is 0 Å². The minimum atomic E-state index is -4.09. The molecule has 176 valence electrons. The van der Waals surface area contributed by atoms with Gasteiger partial charge in [-0.05, 0) is 54.6 Å². The molecule has 0 spiro atoms. The lowest BCUT2D eigenvalue weighted by Crippen LogP contribution is -2.31. The van der Waals surface area contributed by atoms with Crippen LogP contribution in [0.25, 0.3) is 10.9 Å². The van der Waals surface area contributed by atoms with E-state index < -0.39 is 15.9 Å². The Balaban J connectivity index is 1.68. The fourth-order valence-electron chi connectivity index (χ4n) is 3.59. The van der Waals surface area contributed by atoms with Gasteiger partial charge in [-0.25, -0.2) is 13.1 Å². The quantitative estimate of drug-likeness (QED) is 0.382. The maximum atomic E-state index is 13.0. The molecule has 1 heterocycles. The predicted octanol–water partition coefficient (Wildman–Crippen LogP) is 4.71. The van der Waals surface area contributed by atoms with Crippen molar-refractivity contribution in [1.29, 1.82) is 0 Å². The summed E-state index contributed by atoms with van der Waals surface area (Å²) >= 11 is 6.43. The minimum absolute atomic E-state index is 0.0566. The Labute approximate surface area is 202 Å². The van der Waals surface area contributed by atoms with Gasteiger partial charge >= 0.3 is 0 Å². The molecule has 0 saturated heterocycles. The van der Waals surface area contributed by atoms with Crippen LogP contribution in [-0.2, 0) is 17.1 Å². The summed E-state index contributed by atoms with van der Waals surface area (Å²) in [7, 11) is 0.622. The number of hydrogen-bond donors (Lipinski definition) is 2. The molecule has 0 bridgehead atoms. The number of benzene rings is 3. The van der Waals surface area contributed by atoms with Gasteiger partial charge in [0.1, 0.15) is 17.2 Å². The van der Waals surface area contributed by atoms with Crippen LogP contribution in [0.1, 0.15) is 10.5 Å². The summed E-state index contributed by atoms with van der Waals surface area (Å²) in [5.74, 6) is 0.412. The molecule has 3 aromatic carbocycles. The molecule has 1 amide bonds. The molecule has 0 aliphatic rings. The molecule has 0 saturated carbocycles. The number of sulfonamides is 1. The van der Waals surface area contributed by atoms with E-state index in [-0.39, 0.29) is 10.6 Å². The van der Waals surface area contributed by atoms with E-state index in [4.69, 9.17) is 21.1 Å². The molecule has 4 rings (SSSR count). The van der Waals surface area contributed by atoms with Gasteiger partial charge in [-0.15, -0.1) is 0 Å². The Morgan fingerprint density at radius 2 is 1.65 bits per heavy atom. The molecule has 8 nitrogen and oxygen atoms in total. The fraction of sp³-hybridized carbons (Fsp3) is 0.125. The fourth-order valence-corrected chi connectivity index (χ4v) is 4.85. The second-order valence-electron chi connectivity index (χ2n) is 7.41. The lowest BCUT2D eigenvalue weighted by Gasteiger charge is -2.11. The number of rotatable bonds is 7. The van der Waals surface area contributed by atoms with Crippen molar-refractivity contribution >= 4 is 49.8 Å². The summed E-state index contributed by atoms with van der Waals surface area (Å²) in [6, 6.07) is 18.2. The molecule has 0 fully saturated rings. The third-order valence-electron chi connectivity index (χ3n) is 5.32. The first-order valence-corrected chi connectivity index (χ1v) is 12.0. The van der Waals surface area contributed by atoms with Crippen molar-refractivity contribution in [2.45, 2.75) is 4.90 Å². The van der Waals surface area contributed by atoms with Crippen molar-refractivity contribution in [2.24, 2.45) is 7.05 Å². The van der Waals surface area contributed by atoms with Gasteiger partial charge in [-0.3, -0.25) is 4.79 Å². The van der Waals surface area contributed by atoms with Crippen LogP contribution in [0.15, 0.2) is 71.6 Å². The van der Waals surface area contributed by atoms with Crippen molar-refractivity contribution in [3.05, 3.63) is 77.4 Å². The molecule has 1 aromatic heterocycles. The predicted molar refractivity (Wildman–Crippen MR) is 132 cm³/mol. The van der Waals surface area contributed by atoms with E-state index >= 15 is 0 Å². The van der Waals surface area contributed by atoms with Gasteiger partial charge in [-0.2, -0.15) is 0 Å². The van der Waals surface area contributed by atoms with Gasteiger partial charge in [0.2, 0.25) is 0 Å². The van der Waals surface area contributed by atoms with Crippen LogP contribution in [0, 0.1) is 0 Å². The highest BCUT2D eigenvalue weighted by Gasteiger charge is 2.23. The van der Waals surface area contributed by atoms with Crippen molar-refractivity contribution in [1.82, 2.24) is 9.29 Å². The summed E-state index contributed by atoms with van der Waals surface area (Å²) in [5.41, 5.74) is 2.19. The van der Waals surface area contributed by atoms with Crippen LogP contribution in [0.2, 0.25) is 5.02 Å². The van der Waals surface area contributed by atoms with E-state index in [1.165, 1.54) is 31.4 Å². The van der Waals surface area contributed by atoms with Crippen molar-refractivity contribution in [2.75, 3.05) is 19.5 Å². The molecule has 0 aliphatic heterocycles. The van der Waals surface area contributed by atoms with Gasteiger partial charge in [0.25, 0.3) is 15.9 Å². The van der Waals surface area contributed by atoms with Crippen LogP contribution >= 0.6 is 11.6 Å². The van der Waals surface area contributed by atoms with Crippen molar-refractivity contribution in [3.8, 4) is 11.5 Å². The van der Waals surface area contributed by atoms with Gasteiger partial charge in [0.15, 0.2) is 0 Å². The lowest BCUT2D eigenvalue weighted by atomic mass is 10.2. The number of fused-ring (bicyclic) bond motifs is 1. The first-order valence-electron chi connectivity index (χ1n) is 10.1. The smallest absolute Gasteiger partial charge is 0.281 e. The Morgan fingerprint density at radius 1 is 0.941 bits per heavy atom. The number of nitrogens with zero attached hydrogens (tertiary/aromatic N) is 1. The second-order valence-corrected chi connectivity index (χ2v) is 9.50. The van der Waals surface area contributed by atoms with Crippen molar-refractivity contribution < 1.29 is 22.7 Å². The largest absolute Gasteiger partial charge is 0.497 e. The Bertz CT molecular complexity index is 1480. The Kier molecular flexibility index (Phi) is 6.41. The number of carbonyl (C=O) groups is 1. The maximum Gasteiger partial charge on any atom is 0.281 e. The van der Waals surface area contributed by atoms with Crippen LogP contribution in [-0.4, -0.2) is 33.1 Å². The number of aromatic nitrogens is 1. The molecule has 34 heavy (non-hydrogen) atoms. The summed E-state index contributed by atoms with van der Waals surface area (Å²) < 4.78 is 39.5. The standard InChI is InChI=1S/C24H22ClN3O5S/c1-28-22(24(29)27-34(30,31)18-9-7-16(32-2)8-10-18)14-19-21(12-11-20(25)23(19)28)26-15-5-4-6-17(13-15)33-3/h4-14,26H,1-3H3,(H,27,29). The summed E-state index contributed by atoms with van der Waals surface area (Å²) in [6.45, 7) is 0. The van der Waals surface area contributed by atoms with E-state index in [1.54, 1.807) is 36.9 Å². The number of aryl methyl sites for hydroxylation is 1. The zero-order chi connectivity index (χ0) is 24.5. The first kappa shape index (κ1) is 23.5. The molecule has 4 aromatic rings. The van der Waals surface area contributed by atoms with Gasteiger partial charge in [0.05, 0.1) is 29.7 Å². The van der Waals surface area contributed by atoms with E-state index in [9.17, 15) is 13.2 Å².